The van der Waals surface area contributed by atoms with Gasteiger partial charge < -0.3 is 18.9 Å². The molecule has 0 saturated heterocycles. The Kier molecular flexibility index (Phi) is 5.51. The molecule has 0 saturated carbocycles. The van der Waals surface area contributed by atoms with E-state index in [0.29, 0.717) is 30.5 Å². The normalized spacial score (nSPS) is 12.8. The highest BCUT2D eigenvalue weighted by atomic mass is 19.1. The van der Waals surface area contributed by atoms with Crippen molar-refractivity contribution in [3.05, 3.63) is 59.9 Å². The Labute approximate surface area is 144 Å². The lowest BCUT2D eigenvalue weighted by Gasteiger charge is -2.18. The average Bonchev–Trinajstić information content (AvgIpc) is 2.65. The minimum Gasteiger partial charge on any atom is -0.490 e. The van der Waals surface area contributed by atoms with Crippen molar-refractivity contribution in [2.45, 2.75) is 0 Å². The Bertz CT molecular complexity index is 755. The molecule has 1 aliphatic rings. The van der Waals surface area contributed by atoms with Crippen molar-refractivity contribution in [2.75, 3.05) is 26.4 Å². The largest absolute Gasteiger partial charge is 0.490 e. The van der Waals surface area contributed by atoms with E-state index >= 15 is 0 Å². The Balaban J connectivity index is 1.42. The second kappa shape index (κ2) is 8.19. The standard InChI is InChI=1S/C19H17FO5/c20-15-3-5-16(6-4-15)22-9-12-25-19(21)8-2-14-1-7-17-18(13-14)24-11-10-23-17/h1-8,13H,9-12H2/b8-2+. The first-order valence-electron chi connectivity index (χ1n) is 7.83. The van der Waals surface area contributed by atoms with Gasteiger partial charge in [-0.1, -0.05) is 6.07 Å². The molecule has 0 aliphatic carbocycles. The fourth-order valence-electron chi connectivity index (χ4n) is 2.21. The Morgan fingerprint density at radius 2 is 1.80 bits per heavy atom. The van der Waals surface area contributed by atoms with Crippen molar-refractivity contribution < 1.29 is 28.1 Å². The van der Waals surface area contributed by atoms with E-state index < -0.39 is 5.97 Å². The lowest BCUT2D eigenvalue weighted by molar-refractivity contribution is -0.138. The van der Waals surface area contributed by atoms with Crippen molar-refractivity contribution in [1.82, 2.24) is 0 Å². The van der Waals surface area contributed by atoms with E-state index in [1.165, 1.54) is 30.3 Å². The van der Waals surface area contributed by atoms with Crippen LogP contribution in [0.15, 0.2) is 48.5 Å². The summed E-state index contributed by atoms with van der Waals surface area (Å²) in [6.45, 7) is 1.34. The molecule has 2 aromatic rings. The molecular formula is C19H17FO5. The first-order valence-corrected chi connectivity index (χ1v) is 7.83. The van der Waals surface area contributed by atoms with Gasteiger partial charge in [0.15, 0.2) is 11.5 Å². The lowest BCUT2D eigenvalue weighted by atomic mass is 10.2. The molecule has 0 radical (unpaired) electrons. The number of carbonyl (C=O) groups is 1. The van der Waals surface area contributed by atoms with Crippen LogP contribution < -0.4 is 14.2 Å². The maximum Gasteiger partial charge on any atom is 0.330 e. The van der Waals surface area contributed by atoms with Crippen molar-refractivity contribution in [2.24, 2.45) is 0 Å². The molecule has 0 bridgehead atoms. The van der Waals surface area contributed by atoms with Gasteiger partial charge in [-0.15, -0.1) is 0 Å². The molecule has 1 aliphatic heterocycles. The van der Waals surface area contributed by atoms with Gasteiger partial charge in [0.2, 0.25) is 0 Å². The van der Waals surface area contributed by atoms with Crippen LogP contribution in [0.5, 0.6) is 17.2 Å². The van der Waals surface area contributed by atoms with Gasteiger partial charge in [0.25, 0.3) is 0 Å². The number of fused-ring (bicyclic) bond motifs is 1. The maximum absolute atomic E-state index is 12.8. The van der Waals surface area contributed by atoms with Gasteiger partial charge in [-0.25, -0.2) is 9.18 Å². The van der Waals surface area contributed by atoms with Gasteiger partial charge in [-0.3, -0.25) is 0 Å². The van der Waals surface area contributed by atoms with Crippen molar-refractivity contribution in [1.29, 1.82) is 0 Å². The number of rotatable bonds is 6. The Morgan fingerprint density at radius 3 is 2.60 bits per heavy atom. The summed E-state index contributed by atoms with van der Waals surface area (Å²) in [5.74, 6) is 1.07. The van der Waals surface area contributed by atoms with Gasteiger partial charge in [0, 0.05) is 6.08 Å². The summed E-state index contributed by atoms with van der Waals surface area (Å²) in [6, 6.07) is 11.1. The van der Waals surface area contributed by atoms with Crippen LogP contribution in [0.25, 0.3) is 6.08 Å². The van der Waals surface area contributed by atoms with Crippen LogP contribution in [0.2, 0.25) is 0 Å². The molecule has 0 atom stereocenters. The number of carbonyl (C=O) groups excluding carboxylic acids is 1. The lowest BCUT2D eigenvalue weighted by Crippen LogP contribution is -2.15. The fraction of sp³-hybridized carbons (Fsp3) is 0.211. The highest BCUT2D eigenvalue weighted by Crippen LogP contribution is 2.31. The number of halogens is 1. The molecular weight excluding hydrogens is 327 g/mol. The van der Waals surface area contributed by atoms with E-state index in [0.717, 1.165) is 5.56 Å². The first-order chi connectivity index (χ1) is 12.2. The van der Waals surface area contributed by atoms with Gasteiger partial charge in [0.1, 0.15) is 38.0 Å². The number of hydrogen-bond donors (Lipinski definition) is 0. The number of ether oxygens (including phenoxy) is 4. The number of esters is 1. The van der Waals surface area contributed by atoms with E-state index in [1.807, 2.05) is 6.07 Å². The predicted molar refractivity (Wildman–Crippen MR) is 89.3 cm³/mol. The van der Waals surface area contributed by atoms with Crippen LogP contribution in [0.3, 0.4) is 0 Å². The summed E-state index contributed by atoms with van der Waals surface area (Å²) >= 11 is 0. The third-order valence-electron chi connectivity index (χ3n) is 3.39. The zero-order valence-corrected chi connectivity index (χ0v) is 13.4. The van der Waals surface area contributed by atoms with Crippen LogP contribution in [0.4, 0.5) is 4.39 Å². The molecule has 5 nitrogen and oxygen atoms in total. The summed E-state index contributed by atoms with van der Waals surface area (Å²) in [7, 11) is 0. The molecule has 2 aromatic carbocycles. The third-order valence-corrected chi connectivity index (χ3v) is 3.39. The van der Waals surface area contributed by atoms with E-state index in [4.69, 9.17) is 18.9 Å². The molecule has 130 valence electrons. The van der Waals surface area contributed by atoms with Crippen molar-refractivity contribution in [3.63, 3.8) is 0 Å². The predicted octanol–water partition coefficient (Wildman–Crippen LogP) is 3.23. The van der Waals surface area contributed by atoms with Crippen LogP contribution >= 0.6 is 0 Å². The quantitative estimate of drug-likeness (QED) is 0.457. The van der Waals surface area contributed by atoms with Gasteiger partial charge in [0.05, 0.1) is 0 Å². The molecule has 0 aromatic heterocycles. The second-order valence-corrected chi connectivity index (χ2v) is 5.21. The van der Waals surface area contributed by atoms with E-state index in [9.17, 15) is 9.18 Å². The van der Waals surface area contributed by atoms with Crippen molar-refractivity contribution in [3.8, 4) is 17.2 Å². The monoisotopic (exact) mass is 344 g/mol. The zero-order valence-electron chi connectivity index (χ0n) is 13.4. The summed E-state index contributed by atoms with van der Waals surface area (Å²) in [4.78, 5) is 11.7. The van der Waals surface area contributed by atoms with Gasteiger partial charge >= 0.3 is 5.97 Å². The maximum atomic E-state index is 12.8. The number of benzene rings is 2. The van der Waals surface area contributed by atoms with Crippen LogP contribution in [-0.2, 0) is 9.53 Å². The molecule has 25 heavy (non-hydrogen) atoms. The van der Waals surface area contributed by atoms with Crippen molar-refractivity contribution >= 4 is 12.0 Å². The summed E-state index contributed by atoms with van der Waals surface area (Å²) in [6.07, 6.45) is 2.98. The summed E-state index contributed by atoms with van der Waals surface area (Å²) in [5.41, 5.74) is 0.809. The second-order valence-electron chi connectivity index (χ2n) is 5.21. The molecule has 0 unspecified atom stereocenters. The number of hydrogen-bond acceptors (Lipinski definition) is 5. The topological polar surface area (TPSA) is 54.0 Å². The van der Waals surface area contributed by atoms with Crippen LogP contribution in [0.1, 0.15) is 5.56 Å². The van der Waals surface area contributed by atoms with E-state index in [2.05, 4.69) is 0 Å². The molecule has 1 heterocycles. The molecule has 0 N–H and O–H groups in total. The fourth-order valence-corrected chi connectivity index (χ4v) is 2.21. The van der Waals surface area contributed by atoms with Crippen LogP contribution in [-0.4, -0.2) is 32.4 Å². The van der Waals surface area contributed by atoms with E-state index in [-0.39, 0.29) is 19.0 Å². The smallest absolute Gasteiger partial charge is 0.330 e. The molecule has 0 amide bonds. The Hall–Kier alpha value is -3.02. The molecule has 0 spiro atoms. The SMILES string of the molecule is O=C(/C=C/c1ccc2c(c1)OCCO2)OCCOc1ccc(F)cc1. The van der Waals surface area contributed by atoms with Gasteiger partial charge in [-0.05, 0) is 48.0 Å². The summed E-state index contributed by atoms with van der Waals surface area (Å²) < 4.78 is 34.1. The Morgan fingerprint density at radius 1 is 1.04 bits per heavy atom. The first kappa shape index (κ1) is 16.8. The van der Waals surface area contributed by atoms with E-state index in [1.54, 1.807) is 18.2 Å². The minimum atomic E-state index is -0.474. The van der Waals surface area contributed by atoms with Crippen LogP contribution in [0, 0.1) is 5.82 Å². The molecule has 6 heteroatoms. The summed E-state index contributed by atoms with van der Waals surface area (Å²) in [5, 5.41) is 0. The molecule has 3 rings (SSSR count). The third kappa shape index (κ3) is 4.97. The average molecular weight is 344 g/mol. The highest BCUT2D eigenvalue weighted by Gasteiger charge is 2.10. The highest BCUT2D eigenvalue weighted by molar-refractivity contribution is 5.87. The zero-order chi connectivity index (χ0) is 17.5. The minimum absolute atomic E-state index is 0.0989. The molecule has 0 fully saturated rings. The van der Waals surface area contributed by atoms with Gasteiger partial charge in [-0.2, -0.15) is 0 Å².